The van der Waals surface area contributed by atoms with Crippen LogP contribution in [0.4, 0.5) is 11.5 Å². The minimum absolute atomic E-state index is 0.0470. The van der Waals surface area contributed by atoms with Crippen LogP contribution >= 0.6 is 11.6 Å². The first-order valence-corrected chi connectivity index (χ1v) is 9.70. The van der Waals surface area contributed by atoms with Crippen molar-refractivity contribution in [2.24, 2.45) is 0 Å². The Balaban J connectivity index is 1.42. The minimum atomic E-state index is -0.497. The Hall–Kier alpha value is -3.09. The van der Waals surface area contributed by atoms with E-state index in [-0.39, 0.29) is 6.10 Å². The van der Waals surface area contributed by atoms with E-state index in [1.165, 1.54) is 0 Å². The van der Waals surface area contributed by atoms with Crippen molar-refractivity contribution in [1.29, 1.82) is 0 Å². The number of pyridine rings is 1. The van der Waals surface area contributed by atoms with Crippen LogP contribution in [0.3, 0.4) is 0 Å². The smallest absolute Gasteiger partial charge is 0.274 e. The molecule has 0 saturated carbocycles. The fraction of sp³-hybridized carbons (Fsp3) is 0.182. The highest BCUT2D eigenvalue weighted by atomic mass is 35.5. The van der Waals surface area contributed by atoms with Crippen molar-refractivity contribution in [3.8, 4) is 5.75 Å². The van der Waals surface area contributed by atoms with Gasteiger partial charge in [-0.3, -0.25) is 10.0 Å². The normalized spacial score (nSPS) is 15.3. The standard InChI is InChI=1S/C22H20ClN3O3/c23-17-4-6-18(7-5-17)25-21-13-20(9-10-24-21)29-19-8-3-14-11-16(22(27)26-28)2-1-15(14)12-19/h1-2,4-7,9-11,13,19,28H,3,8,12H2,(H,24,25)(H,26,27). The molecule has 1 heterocycles. The SMILES string of the molecule is O=C(NO)c1ccc2c(c1)CCC(Oc1ccnc(Nc3ccc(Cl)cc3)c1)C2. The number of nitrogens with zero attached hydrogens (tertiary/aromatic N) is 1. The summed E-state index contributed by atoms with van der Waals surface area (Å²) in [6.07, 6.45) is 4.18. The zero-order chi connectivity index (χ0) is 20.2. The number of hydrogen-bond donors (Lipinski definition) is 3. The van der Waals surface area contributed by atoms with E-state index in [1.807, 2.05) is 48.5 Å². The molecular formula is C22H20ClN3O3. The monoisotopic (exact) mass is 409 g/mol. The van der Waals surface area contributed by atoms with E-state index in [9.17, 15) is 4.79 Å². The van der Waals surface area contributed by atoms with Gasteiger partial charge >= 0.3 is 0 Å². The van der Waals surface area contributed by atoms with Crippen molar-refractivity contribution in [3.63, 3.8) is 0 Å². The number of amides is 1. The maximum atomic E-state index is 11.6. The molecule has 148 valence electrons. The molecule has 0 saturated heterocycles. The van der Waals surface area contributed by atoms with Crippen LogP contribution < -0.4 is 15.5 Å². The van der Waals surface area contributed by atoms with Crippen LogP contribution in [0.5, 0.6) is 5.75 Å². The quantitative estimate of drug-likeness (QED) is 0.426. The first-order chi connectivity index (χ1) is 14.1. The lowest BCUT2D eigenvalue weighted by Gasteiger charge is -2.26. The highest BCUT2D eigenvalue weighted by Crippen LogP contribution is 2.27. The Labute approximate surface area is 173 Å². The van der Waals surface area contributed by atoms with Crippen molar-refractivity contribution >= 4 is 29.0 Å². The number of nitrogens with one attached hydrogen (secondary N) is 2. The van der Waals surface area contributed by atoms with Crippen molar-refractivity contribution < 1.29 is 14.7 Å². The second-order valence-corrected chi connectivity index (χ2v) is 7.35. The topological polar surface area (TPSA) is 83.5 Å². The van der Waals surface area contributed by atoms with Crippen LogP contribution in [-0.4, -0.2) is 22.2 Å². The summed E-state index contributed by atoms with van der Waals surface area (Å²) in [5, 5.41) is 12.7. The number of rotatable bonds is 5. The maximum Gasteiger partial charge on any atom is 0.274 e. The van der Waals surface area contributed by atoms with Crippen molar-refractivity contribution in [3.05, 3.63) is 82.5 Å². The molecule has 0 aliphatic heterocycles. The summed E-state index contributed by atoms with van der Waals surface area (Å²) >= 11 is 5.92. The third kappa shape index (κ3) is 4.67. The molecular weight excluding hydrogens is 390 g/mol. The molecule has 1 aliphatic rings. The molecule has 3 N–H and O–H groups in total. The van der Waals surface area contributed by atoms with Crippen LogP contribution in [0.1, 0.15) is 27.9 Å². The number of aryl methyl sites for hydroxylation is 1. The Morgan fingerprint density at radius 2 is 1.93 bits per heavy atom. The van der Waals surface area contributed by atoms with E-state index >= 15 is 0 Å². The molecule has 7 heteroatoms. The van der Waals surface area contributed by atoms with Crippen molar-refractivity contribution in [2.75, 3.05) is 5.32 Å². The summed E-state index contributed by atoms with van der Waals surface area (Å²) in [7, 11) is 0. The third-order valence-electron chi connectivity index (χ3n) is 4.90. The number of hydroxylamine groups is 1. The summed E-state index contributed by atoms with van der Waals surface area (Å²) in [5.74, 6) is 0.950. The van der Waals surface area contributed by atoms with Crippen LogP contribution in [0, 0.1) is 0 Å². The van der Waals surface area contributed by atoms with Crippen LogP contribution in [0.15, 0.2) is 60.8 Å². The first-order valence-electron chi connectivity index (χ1n) is 9.32. The second-order valence-electron chi connectivity index (χ2n) is 6.92. The summed E-state index contributed by atoms with van der Waals surface area (Å²) < 4.78 is 6.19. The Morgan fingerprint density at radius 1 is 1.10 bits per heavy atom. The lowest BCUT2D eigenvalue weighted by atomic mass is 9.88. The van der Waals surface area contributed by atoms with Crippen LogP contribution in [-0.2, 0) is 12.8 Å². The zero-order valence-electron chi connectivity index (χ0n) is 15.6. The van der Waals surface area contributed by atoms with E-state index in [1.54, 1.807) is 17.7 Å². The summed E-state index contributed by atoms with van der Waals surface area (Å²) in [5.41, 5.74) is 5.30. The molecule has 2 aromatic carbocycles. The van der Waals surface area contributed by atoms with Gasteiger partial charge in [-0.25, -0.2) is 10.5 Å². The predicted octanol–water partition coefficient (Wildman–Crippen LogP) is 4.53. The summed E-state index contributed by atoms with van der Waals surface area (Å²) in [6, 6.07) is 16.6. The molecule has 29 heavy (non-hydrogen) atoms. The summed E-state index contributed by atoms with van der Waals surface area (Å²) in [6.45, 7) is 0. The molecule has 1 aromatic heterocycles. The van der Waals surface area contributed by atoms with Gasteiger partial charge in [0, 0.05) is 35.0 Å². The number of hydrogen-bond acceptors (Lipinski definition) is 5. The van der Waals surface area contributed by atoms with Crippen molar-refractivity contribution in [2.45, 2.75) is 25.4 Å². The van der Waals surface area contributed by atoms with Gasteiger partial charge in [-0.15, -0.1) is 0 Å². The molecule has 1 amide bonds. The number of halogens is 1. The average molecular weight is 410 g/mol. The number of anilines is 2. The first kappa shape index (κ1) is 19.2. The summed E-state index contributed by atoms with van der Waals surface area (Å²) in [4.78, 5) is 15.9. The number of carbonyl (C=O) groups is 1. The minimum Gasteiger partial charge on any atom is -0.490 e. The van der Waals surface area contributed by atoms with Gasteiger partial charge in [0.1, 0.15) is 17.7 Å². The van der Waals surface area contributed by atoms with Crippen molar-refractivity contribution in [1.82, 2.24) is 10.5 Å². The van der Waals surface area contributed by atoms with Gasteiger partial charge in [-0.1, -0.05) is 17.7 Å². The fourth-order valence-corrected chi connectivity index (χ4v) is 3.58. The molecule has 1 unspecified atom stereocenters. The molecule has 0 spiro atoms. The lowest BCUT2D eigenvalue weighted by molar-refractivity contribution is 0.0706. The molecule has 3 aromatic rings. The number of ether oxygens (including phenoxy) is 1. The molecule has 0 radical (unpaired) electrons. The zero-order valence-corrected chi connectivity index (χ0v) is 16.3. The molecule has 6 nitrogen and oxygen atoms in total. The van der Waals surface area contributed by atoms with E-state index in [0.717, 1.165) is 41.8 Å². The highest BCUT2D eigenvalue weighted by Gasteiger charge is 2.21. The lowest BCUT2D eigenvalue weighted by Crippen LogP contribution is -2.26. The third-order valence-corrected chi connectivity index (χ3v) is 5.16. The van der Waals surface area contributed by atoms with E-state index < -0.39 is 5.91 Å². The number of aromatic nitrogens is 1. The van der Waals surface area contributed by atoms with E-state index in [2.05, 4.69) is 10.3 Å². The van der Waals surface area contributed by atoms with Crippen LogP contribution in [0.25, 0.3) is 0 Å². The molecule has 1 atom stereocenters. The fourth-order valence-electron chi connectivity index (χ4n) is 3.45. The number of fused-ring (bicyclic) bond motifs is 1. The second kappa shape index (κ2) is 8.51. The molecule has 1 aliphatic carbocycles. The van der Waals surface area contributed by atoms with Gasteiger partial charge in [-0.2, -0.15) is 0 Å². The Morgan fingerprint density at radius 3 is 2.72 bits per heavy atom. The predicted molar refractivity (Wildman–Crippen MR) is 111 cm³/mol. The molecule has 0 fully saturated rings. The van der Waals surface area contributed by atoms with Gasteiger partial charge in [0.25, 0.3) is 5.91 Å². The van der Waals surface area contributed by atoms with Crippen LogP contribution in [0.2, 0.25) is 5.02 Å². The average Bonchev–Trinajstić information content (AvgIpc) is 2.75. The highest BCUT2D eigenvalue weighted by molar-refractivity contribution is 6.30. The number of benzene rings is 2. The van der Waals surface area contributed by atoms with E-state index in [4.69, 9.17) is 21.5 Å². The Bertz CT molecular complexity index is 1020. The maximum absolute atomic E-state index is 11.6. The van der Waals surface area contributed by atoms with Gasteiger partial charge < -0.3 is 10.1 Å². The van der Waals surface area contributed by atoms with Gasteiger partial charge in [0.15, 0.2) is 0 Å². The van der Waals surface area contributed by atoms with Gasteiger partial charge in [-0.05, 0) is 66.4 Å². The molecule has 0 bridgehead atoms. The number of carbonyl (C=O) groups excluding carboxylic acids is 1. The molecule has 4 rings (SSSR count). The van der Waals surface area contributed by atoms with Gasteiger partial charge in [0.05, 0.1) is 0 Å². The van der Waals surface area contributed by atoms with E-state index in [0.29, 0.717) is 16.4 Å². The Kier molecular flexibility index (Phi) is 5.64. The largest absolute Gasteiger partial charge is 0.490 e. The van der Waals surface area contributed by atoms with Gasteiger partial charge in [0.2, 0.25) is 0 Å².